The summed E-state index contributed by atoms with van der Waals surface area (Å²) < 4.78 is 0. The van der Waals surface area contributed by atoms with Gasteiger partial charge in [0.2, 0.25) is 0 Å². The Hall–Kier alpha value is -1.81. The Kier molecular flexibility index (Phi) is 6.74. The summed E-state index contributed by atoms with van der Waals surface area (Å²) in [6, 6.07) is 1.44. The molecule has 27 heavy (non-hydrogen) atoms. The maximum absolute atomic E-state index is 11.2. The number of phenolic OH excluding ortho intramolecular Hbond substituents is 2. The van der Waals surface area contributed by atoms with Crippen molar-refractivity contribution in [3.8, 4) is 11.5 Å². The molecule has 0 aliphatic heterocycles. The molecule has 1 aromatic carbocycles. The number of hydrogen-bond acceptors (Lipinski definition) is 4. The number of aliphatic hydroxyl groups excluding tert-OH is 1. The number of carbonyl (C=O) groups excluding carboxylic acids is 1. The van der Waals surface area contributed by atoms with E-state index in [4.69, 9.17) is 0 Å². The lowest BCUT2D eigenvalue weighted by Crippen LogP contribution is -2.33. The van der Waals surface area contributed by atoms with Gasteiger partial charge in [-0.05, 0) is 60.6 Å². The van der Waals surface area contributed by atoms with Crippen LogP contribution in [0.15, 0.2) is 18.2 Å². The van der Waals surface area contributed by atoms with Gasteiger partial charge in [0, 0.05) is 12.0 Å². The Morgan fingerprint density at radius 3 is 2.67 bits per heavy atom. The quantitative estimate of drug-likeness (QED) is 0.467. The molecular formula is C23H34O4. The van der Waals surface area contributed by atoms with Crippen LogP contribution < -0.4 is 0 Å². The van der Waals surface area contributed by atoms with Crippen LogP contribution in [0.4, 0.5) is 0 Å². The van der Waals surface area contributed by atoms with Gasteiger partial charge in [0.25, 0.3) is 0 Å². The van der Waals surface area contributed by atoms with E-state index in [1.54, 1.807) is 6.92 Å². The largest absolute Gasteiger partial charge is 0.508 e. The second-order valence-electron chi connectivity index (χ2n) is 8.95. The Balaban J connectivity index is 2.05. The van der Waals surface area contributed by atoms with Crippen LogP contribution in [0.5, 0.6) is 11.5 Å². The van der Waals surface area contributed by atoms with Crippen LogP contribution in [0.1, 0.15) is 74.4 Å². The summed E-state index contributed by atoms with van der Waals surface area (Å²) in [7, 11) is 0. The molecule has 2 rings (SSSR count). The maximum atomic E-state index is 11.2. The Bertz CT molecular complexity index is 705. The van der Waals surface area contributed by atoms with Gasteiger partial charge in [-0.1, -0.05) is 40.2 Å². The smallest absolute Gasteiger partial charge is 0.154 e. The molecule has 4 heteroatoms. The average molecular weight is 375 g/mol. The first-order valence-corrected chi connectivity index (χ1v) is 9.93. The van der Waals surface area contributed by atoms with Crippen LogP contribution in [0.3, 0.4) is 0 Å². The molecule has 3 atom stereocenters. The normalized spacial score (nSPS) is 23.0. The lowest BCUT2D eigenvalue weighted by atomic mass is 9.62. The average Bonchev–Trinajstić information content (AvgIpc) is 2.57. The lowest BCUT2D eigenvalue weighted by Gasteiger charge is -2.43. The van der Waals surface area contributed by atoms with Gasteiger partial charge in [0.1, 0.15) is 11.5 Å². The van der Waals surface area contributed by atoms with Crippen LogP contribution in [0.25, 0.3) is 0 Å². The van der Waals surface area contributed by atoms with Gasteiger partial charge in [-0.25, -0.2) is 0 Å². The van der Waals surface area contributed by atoms with Gasteiger partial charge in [-0.2, -0.15) is 0 Å². The number of aliphatic hydroxyl groups is 1. The summed E-state index contributed by atoms with van der Waals surface area (Å²) in [5.41, 5.74) is 1.86. The third-order valence-electron chi connectivity index (χ3n) is 6.56. The number of phenols is 2. The molecule has 3 N–H and O–H groups in total. The van der Waals surface area contributed by atoms with Gasteiger partial charge in [0.05, 0.1) is 11.7 Å². The Labute approximate surface area is 162 Å². The number of rotatable bonds is 7. The molecule has 1 aliphatic rings. The van der Waals surface area contributed by atoms with Crippen molar-refractivity contribution in [2.24, 2.45) is 17.3 Å². The van der Waals surface area contributed by atoms with Crippen LogP contribution in [-0.4, -0.2) is 27.7 Å². The third-order valence-corrected chi connectivity index (χ3v) is 6.56. The molecule has 1 aromatic rings. The molecule has 1 fully saturated rings. The van der Waals surface area contributed by atoms with E-state index in [1.165, 1.54) is 25.3 Å². The van der Waals surface area contributed by atoms with Crippen LogP contribution in [0, 0.1) is 24.2 Å². The first-order valence-electron chi connectivity index (χ1n) is 9.93. The highest BCUT2D eigenvalue weighted by molar-refractivity contribution is 5.83. The van der Waals surface area contributed by atoms with Gasteiger partial charge in [-0.15, -0.1) is 0 Å². The Morgan fingerprint density at radius 2 is 2.07 bits per heavy atom. The van der Waals surface area contributed by atoms with Crippen molar-refractivity contribution in [1.82, 2.24) is 0 Å². The minimum atomic E-state index is -0.869. The fourth-order valence-electron chi connectivity index (χ4n) is 4.75. The highest BCUT2D eigenvalue weighted by atomic mass is 16.3. The van der Waals surface area contributed by atoms with Gasteiger partial charge in [-0.3, -0.25) is 4.79 Å². The first kappa shape index (κ1) is 21.5. The summed E-state index contributed by atoms with van der Waals surface area (Å²) >= 11 is 0. The van der Waals surface area contributed by atoms with E-state index in [9.17, 15) is 20.1 Å². The molecule has 0 bridgehead atoms. The molecule has 0 heterocycles. The van der Waals surface area contributed by atoms with Crippen molar-refractivity contribution >= 4 is 6.29 Å². The minimum absolute atomic E-state index is 0.0429. The molecule has 0 amide bonds. The zero-order valence-electron chi connectivity index (χ0n) is 17.1. The lowest BCUT2D eigenvalue weighted by molar-refractivity contribution is 0.0748. The van der Waals surface area contributed by atoms with Crippen molar-refractivity contribution in [1.29, 1.82) is 0 Å². The molecule has 4 nitrogen and oxygen atoms in total. The van der Waals surface area contributed by atoms with Crippen LogP contribution >= 0.6 is 0 Å². The number of aromatic hydroxyl groups is 2. The Morgan fingerprint density at radius 1 is 1.41 bits per heavy atom. The van der Waals surface area contributed by atoms with Crippen LogP contribution in [-0.2, 0) is 6.42 Å². The first-order chi connectivity index (χ1) is 12.6. The van der Waals surface area contributed by atoms with Crippen molar-refractivity contribution in [2.75, 3.05) is 0 Å². The summed E-state index contributed by atoms with van der Waals surface area (Å²) in [5.74, 6) is 0.901. The number of benzene rings is 1. The standard InChI is InChI=1S/C23H34O4/c1-14-7-6-10-23(4,5)19(14)9-8-15(2)20(25)12-17-21(26)11-16(3)18(13-24)22(17)27/h11,13-14,19-20,25-27H,2,6-10,12H2,1,3-5H3/t14-,19-,20?/m0/s1. The number of carbonyl (C=O) groups is 1. The fraction of sp³-hybridized carbons (Fsp3) is 0.609. The highest BCUT2D eigenvalue weighted by Crippen LogP contribution is 2.46. The van der Waals surface area contributed by atoms with Gasteiger partial charge < -0.3 is 15.3 Å². The van der Waals surface area contributed by atoms with E-state index in [0.717, 1.165) is 6.42 Å². The molecule has 1 unspecified atom stereocenters. The second-order valence-corrected chi connectivity index (χ2v) is 8.95. The topological polar surface area (TPSA) is 77.8 Å². The predicted octanol–water partition coefficient (Wildman–Crippen LogP) is 4.92. The summed E-state index contributed by atoms with van der Waals surface area (Å²) in [4.78, 5) is 11.2. The molecule has 150 valence electrons. The van der Waals surface area contributed by atoms with Crippen LogP contribution in [0.2, 0.25) is 0 Å². The van der Waals surface area contributed by atoms with E-state index >= 15 is 0 Å². The highest BCUT2D eigenvalue weighted by Gasteiger charge is 2.36. The fourth-order valence-corrected chi connectivity index (χ4v) is 4.75. The third kappa shape index (κ3) is 4.73. The zero-order chi connectivity index (χ0) is 20.4. The van der Waals surface area contributed by atoms with Crippen molar-refractivity contribution in [3.63, 3.8) is 0 Å². The molecule has 0 aromatic heterocycles. The number of aldehydes is 1. The van der Waals surface area contributed by atoms with E-state index in [-0.39, 0.29) is 29.0 Å². The van der Waals surface area contributed by atoms with E-state index in [0.29, 0.717) is 41.1 Å². The molecule has 1 saturated carbocycles. The van der Waals surface area contributed by atoms with E-state index < -0.39 is 6.10 Å². The van der Waals surface area contributed by atoms with Gasteiger partial charge >= 0.3 is 0 Å². The summed E-state index contributed by atoms with van der Waals surface area (Å²) in [5, 5.41) is 31.0. The monoisotopic (exact) mass is 374 g/mol. The molecule has 0 spiro atoms. The zero-order valence-corrected chi connectivity index (χ0v) is 17.1. The van der Waals surface area contributed by atoms with Crippen molar-refractivity contribution in [2.45, 2.75) is 72.3 Å². The molecule has 1 aliphatic carbocycles. The summed E-state index contributed by atoms with van der Waals surface area (Å²) in [6.07, 6.45) is 5.20. The molecule has 0 radical (unpaired) electrons. The molecular weight excluding hydrogens is 340 g/mol. The van der Waals surface area contributed by atoms with E-state index in [2.05, 4.69) is 27.4 Å². The van der Waals surface area contributed by atoms with Crippen molar-refractivity contribution in [3.05, 3.63) is 34.9 Å². The minimum Gasteiger partial charge on any atom is -0.508 e. The number of aryl methyl sites for hydroxylation is 1. The maximum Gasteiger partial charge on any atom is 0.154 e. The summed E-state index contributed by atoms with van der Waals surface area (Å²) in [6.45, 7) is 12.7. The molecule has 0 saturated heterocycles. The predicted molar refractivity (Wildman–Crippen MR) is 108 cm³/mol. The second kappa shape index (κ2) is 8.47. The van der Waals surface area contributed by atoms with Crippen molar-refractivity contribution < 1.29 is 20.1 Å². The number of hydrogen-bond donors (Lipinski definition) is 3. The van der Waals surface area contributed by atoms with E-state index in [1.807, 2.05) is 0 Å². The van der Waals surface area contributed by atoms with Gasteiger partial charge in [0.15, 0.2) is 6.29 Å². The SMILES string of the molecule is C=C(CC[C@H]1[C@@H](C)CCCC1(C)C)C(O)Cc1c(O)cc(C)c(C=O)c1O.